The molecule has 0 radical (unpaired) electrons. The molecule has 98 heavy (non-hydrogen) atoms. The Kier molecular flexibility index (Phi) is 69.3. The van der Waals surface area contributed by atoms with Gasteiger partial charge in [0, 0.05) is 25.7 Å². The number of aliphatic hydroxyl groups excluding tert-OH is 1. The van der Waals surface area contributed by atoms with Crippen LogP contribution in [-0.2, 0) is 65.4 Å². The second-order valence-corrected chi connectivity index (χ2v) is 32.1. The summed E-state index contributed by atoms with van der Waals surface area (Å²) in [5.41, 5.74) is 0. The Morgan fingerprint density at radius 1 is 0.296 bits per heavy atom. The number of hydrogen-bond donors (Lipinski definition) is 3. The van der Waals surface area contributed by atoms with E-state index in [4.69, 9.17) is 37.0 Å². The predicted octanol–water partition coefficient (Wildman–Crippen LogP) is 23.5. The molecule has 0 amide bonds. The summed E-state index contributed by atoms with van der Waals surface area (Å²) in [4.78, 5) is 73.0. The molecule has 0 spiro atoms. The van der Waals surface area contributed by atoms with Gasteiger partial charge >= 0.3 is 39.5 Å². The lowest BCUT2D eigenvalue weighted by Gasteiger charge is -2.21. The van der Waals surface area contributed by atoms with Gasteiger partial charge < -0.3 is 33.8 Å². The van der Waals surface area contributed by atoms with E-state index in [0.29, 0.717) is 25.7 Å². The molecule has 0 saturated carbocycles. The molecule has 0 aliphatic heterocycles. The van der Waals surface area contributed by atoms with Crippen molar-refractivity contribution < 1.29 is 80.2 Å². The highest BCUT2D eigenvalue weighted by Crippen LogP contribution is 2.45. The van der Waals surface area contributed by atoms with E-state index in [1.807, 2.05) is 0 Å². The molecule has 19 heteroatoms. The van der Waals surface area contributed by atoms with Gasteiger partial charge in [-0.1, -0.05) is 363 Å². The zero-order valence-corrected chi connectivity index (χ0v) is 65.9. The quantitative estimate of drug-likeness (QED) is 0.0222. The fourth-order valence-electron chi connectivity index (χ4n) is 12.2. The first-order valence-corrected chi connectivity index (χ1v) is 44.0. The Balaban J connectivity index is 5.26. The van der Waals surface area contributed by atoms with Gasteiger partial charge in [0.05, 0.1) is 26.4 Å². The largest absolute Gasteiger partial charge is 0.472 e. The minimum Gasteiger partial charge on any atom is -0.462 e. The molecule has 0 rings (SSSR count). The number of esters is 4. The molecule has 0 saturated heterocycles. The van der Waals surface area contributed by atoms with E-state index >= 15 is 0 Å². The summed E-state index contributed by atoms with van der Waals surface area (Å²) in [5, 5.41) is 10.6. The van der Waals surface area contributed by atoms with Gasteiger partial charge in [-0.3, -0.25) is 37.3 Å². The molecule has 0 aliphatic rings. The number of hydrogen-bond acceptors (Lipinski definition) is 15. The third-order valence-electron chi connectivity index (χ3n) is 18.8. The average Bonchev–Trinajstić information content (AvgIpc) is 0.989. The summed E-state index contributed by atoms with van der Waals surface area (Å²) < 4.78 is 68.7. The van der Waals surface area contributed by atoms with Crippen LogP contribution in [-0.4, -0.2) is 96.7 Å². The summed E-state index contributed by atoms with van der Waals surface area (Å²) in [6.07, 6.45) is 59.4. The van der Waals surface area contributed by atoms with Crippen LogP contribution >= 0.6 is 15.6 Å². The molecule has 3 N–H and O–H groups in total. The van der Waals surface area contributed by atoms with E-state index in [0.717, 1.165) is 102 Å². The van der Waals surface area contributed by atoms with Crippen LogP contribution in [0, 0.1) is 11.8 Å². The minimum absolute atomic E-state index is 0.108. The van der Waals surface area contributed by atoms with E-state index in [9.17, 15) is 43.2 Å². The zero-order chi connectivity index (χ0) is 72.1. The van der Waals surface area contributed by atoms with Crippen LogP contribution in [0.5, 0.6) is 0 Å². The van der Waals surface area contributed by atoms with E-state index in [-0.39, 0.29) is 25.7 Å². The van der Waals surface area contributed by atoms with Crippen LogP contribution in [0.15, 0.2) is 0 Å². The summed E-state index contributed by atoms with van der Waals surface area (Å²) >= 11 is 0. The standard InChI is InChI=1S/C79H154O17P2/c1-7-10-12-14-16-18-20-25-30-37-43-49-55-61-76(81)89-67-74(95-78(83)63-57-51-45-39-31-26-21-19-17-15-13-11-8-2)69-93-97(85,86)91-65-73(80)66-92-98(87,88)94-70-75(68-90-77(82)62-56-50-44-38-34-33-36-42-48-54-60-72(6)9-3)96-79(84)64-58-52-46-40-32-28-24-22-23-27-29-35-41-47-53-59-71(4)5/h71-75,80H,7-70H2,1-6H3,(H,85,86)(H,87,88)/t72?,73-,74+,75+/m0/s1. The summed E-state index contributed by atoms with van der Waals surface area (Å²) in [6.45, 7) is 9.68. The Hall–Kier alpha value is -1.94. The molecule has 0 aromatic carbocycles. The minimum atomic E-state index is -4.96. The van der Waals surface area contributed by atoms with Crippen molar-refractivity contribution in [3.63, 3.8) is 0 Å². The van der Waals surface area contributed by atoms with E-state index in [1.165, 1.54) is 231 Å². The van der Waals surface area contributed by atoms with Gasteiger partial charge in [0.25, 0.3) is 0 Å². The molecule has 0 aliphatic carbocycles. The monoisotopic (exact) mass is 1440 g/mol. The summed E-state index contributed by atoms with van der Waals surface area (Å²) in [5.74, 6) is -0.496. The molecule has 3 unspecified atom stereocenters. The Bertz CT molecular complexity index is 1890. The average molecular weight is 1440 g/mol. The number of carbonyl (C=O) groups is 4. The topological polar surface area (TPSA) is 237 Å². The lowest BCUT2D eigenvalue weighted by molar-refractivity contribution is -0.161. The molecule has 582 valence electrons. The highest BCUT2D eigenvalue weighted by atomic mass is 31.2. The number of phosphoric ester groups is 2. The molecular weight excluding hydrogens is 1280 g/mol. The van der Waals surface area contributed by atoms with Crippen molar-refractivity contribution in [2.45, 2.75) is 432 Å². The number of rotatable bonds is 78. The van der Waals surface area contributed by atoms with Crippen molar-refractivity contribution in [3.8, 4) is 0 Å². The van der Waals surface area contributed by atoms with Gasteiger partial charge in [-0.25, -0.2) is 9.13 Å². The SMILES string of the molecule is CCCCCCCCCCCCCCCC(=O)OC[C@H](COP(=O)(O)OC[C@H](O)COP(=O)(O)OC[C@@H](COC(=O)CCCCCCCCCCCCC(C)CC)OC(=O)CCCCCCCCCCCCCCCCCC(C)C)OC(=O)CCCCCCCCCCCCCCC. The highest BCUT2D eigenvalue weighted by Gasteiger charge is 2.30. The van der Waals surface area contributed by atoms with Gasteiger partial charge in [0.1, 0.15) is 19.3 Å². The van der Waals surface area contributed by atoms with Crippen LogP contribution < -0.4 is 0 Å². The lowest BCUT2D eigenvalue weighted by atomic mass is 9.99. The van der Waals surface area contributed by atoms with Crippen molar-refractivity contribution in [1.82, 2.24) is 0 Å². The maximum atomic E-state index is 13.1. The molecule has 0 aromatic heterocycles. The van der Waals surface area contributed by atoms with Crippen LogP contribution in [0.1, 0.15) is 414 Å². The second kappa shape index (κ2) is 70.7. The molecule has 0 heterocycles. The molecule has 0 aromatic rings. The van der Waals surface area contributed by atoms with Gasteiger partial charge in [0.15, 0.2) is 12.2 Å². The fraction of sp³-hybridized carbons (Fsp3) is 0.949. The Morgan fingerprint density at radius 3 is 0.776 bits per heavy atom. The maximum Gasteiger partial charge on any atom is 0.472 e. The van der Waals surface area contributed by atoms with Gasteiger partial charge in [-0.05, 0) is 37.5 Å². The van der Waals surface area contributed by atoms with Gasteiger partial charge in [-0.15, -0.1) is 0 Å². The maximum absolute atomic E-state index is 13.1. The molecule has 0 bridgehead atoms. The highest BCUT2D eigenvalue weighted by molar-refractivity contribution is 7.47. The molecule has 17 nitrogen and oxygen atoms in total. The van der Waals surface area contributed by atoms with Crippen LogP contribution in [0.2, 0.25) is 0 Å². The second-order valence-electron chi connectivity index (χ2n) is 29.2. The predicted molar refractivity (Wildman–Crippen MR) is 400 cm³/mol. The first kappa shape index (κ1) is 96.1. The van der Waals surface area contributed by atoms with Crippen LogP contribution in [0.4, 0.5) is 0 Å². The van der Waals surface area contributed by atoms with Crippen molar-refractivity contribution in [2.24, 2.45) is 11.8 Å². The van der Waals surface area contributed by atoms with Crippen LogP contribution in [0.25, 0.3) is 0 Å². The molecule has 6 atom stereocenters. The number of phosphoric acid groups is 2. The Morgan fingerprint density at radius 2 is 0.520 bits per heavy atom. The number of carbonyl (C=O) groups excluding carboxylic acids is 4. The fourth-order valence-corrected chi connectivity index (χ4v) is 13.7. The van der Waals surface area contributed by atoms with Gasteiger partial charge in [0.2, 0.25) is 0 Å². The third kappa shape index (κ3) is 71.1. The number of ether oxygens (including phenoxy) is 4. The first-order chi connectivity index (χ1) is 47.4. The number of unbranched alkanes of at least 4 members (excludes halogenated alkanes) is 47. The van der Waals surface area contributed by atoms with Crippen molar-refractivity contribution >= 4 is 39.5 Å². The van der Waals surface area contributed by atoms with E-state index in [1.54, 1.807) is 0 Å². The number of aliphatic hydroxyl groups is 1. The van der Waals surface area contributed by atoms with Crippen molar-refractivity contribution in [2.75, 3.05) is 39.6 Å². The first-order valence-electron chi connectivity index (χ1n) is 41.0. The van der Waals surface area contributed by atoms with Crippen LogP contribution in [0.3, 0.4) is 0 Å². The zero-order valence-electron chi connectivity index (χ0n) is 64.1. The molecular formula is C79H154O17P2. The van der Waals surface area contributed by atoms with E-state index in [2.05, 4.69) is 41.5 Å². The smallest absolute Gasteiger partial charge is 0.462 e. The lowest BCUT2D eigenvalue weighted by Crippen LogP contribution is -2.30. The molecule has 0 fully saturated rings. The van der Waals surface area contributed by atoms with Crippen molar-refractivity contribution in [3.05, 3.63) is 0 Å². The van der Waals surface area contributed by atoms with Crippen molar-refractivity contribution in [1.29, 1.82) is 0 Å². The summed E-state index contributed by atoms with van der Waals surface area (Å²) in [7, 11) is -9.92. The third-order valence-corrected chi connectivity index (χ3v) is 20.7. The van der Waals surface area contributed by atoms with E-state index < -0.39 is 97.5 Å². The summed E-state index contributed by atoms with van der Waals surface area (Å²) in [6, 6.07) is 0. The van der Waals surface area contributed by atoms with Gasteiger partial charge in [-0.2, -0.15) is 0 Å². The Labute approximate surface area is 600 Å². The normalized spacial score (nSPS) is 14.2.